The summed E-state index contributed by atoms with van der Waals surface area (Å²) in [6, 6.07) is 21.2. The van der Waals surface area contributed by atoms with Crippen LogP contribution in [-0.2, 0) is 0 Å². The zero-order valence-electron chi connectivity index (χ0n) is 14.1. The predicted octanol–water partition coefficient (Wildman–Crippen LogP) is 4.60. The Kier molecular flexibility index (Phi) is 4.44. The van der Waals surface area contributed by atoms with E-state index in [-0.39, 0.29) is 5.56 Å². The van der Waals surface area contributed by atoms with Gasteiger partial charge in [-0.1, -0.05) is 29.8 Å². The fourth-order valence-corrected chi connectivity index (χ4v) is 3.00. The summed E-state index contributed by atoms with van der Waals surface area (Å²) in [6.45, 7) is 0. The highest BCUT2D eigenvalue weighted by Gasteiger charge is 2.13. The number of hydrogen-bond donors (Lipinski definition) is 1. The van der Waals surface area contributed by atoms with Crippen molar-refractivity contribution in [1.82, 2.24) is 9.55 Å². The molecule has 0 spiro atoms. The highest BCUT2D eigenvalue weighted by Crippen LogP contribution is 2.22. The second-order valence-electron chi connectivity index (χ2n) is 5.94. The van der Waals surface area contributed by atoms with Gasteiger partial charge in [0.05, 0.1) is 16.6 Å². The molecule has 4 aromatic rings. The third kappa shape index (κ3) is 3.32. The summed E-state index contributed by atoms with van der Waals surface area (Å²) in [5.41, 5.74) is 2.29. The smallest absolute Gasteiger partial charge is 0.267 e. The van der Waals surface area contributed by atoms with Crippen molar-refractivity contribution in [3.63, 3.8) is 0 Å². The van der Waals surface area contributed by atoms with Gasteiger partial charge in [0.25, 0.3) is 5.56 Å². The topological polar surface area (TPSA) is 64.0 Å². The molecule has 1 aromatic heterocycles. The summed E-state index contributed by atoms with van der Waals surface area (Å²) in [7, 11) is 0. The molecule has 0 amide bonds. The lowest BCUT2D eigenvalue weighted by molar-refractivity contribution is 0.112. The van der Waals surface area contributed by atoms with E-state index in [1.807, 2.05) is 30.3 Å². The van der Waals surface area contributed by atoms with Crippen LogP contribution in [0.25, 0.3) is 16.6 Å². The molecule has 0 radical (unpaired) electrons. The van der Waals surface area contributed by atoms with Crippen LogP contribution in [0, 0.1) is 0 Å². The van der Waals surface area contributed by atoms with Crippen LogP contribution in [0.4, 0.5) is 11.6 Å². The summed E-state index contributed by atoms with van der Waals surface area (Å²) < 4.78 is 1.51. The van der Waals surface area contributed by atoms with Gasteiger partial charge in [-0.15, -0.1) is 0 Å². The average Bonchev–Trinajstić information content (AvgIpc) is 2.70. The number of aldehydes is 1. The van der Waals surface area contributed by atoms with E-state index in [4.69, 9.17) is 11.6 Å². The molecule has 0 atom stereocenters. The van der Waals surface area contributed by atoms with Gasteiger partial charge in [0.15, 0.2) is 0 Å². The fourth-order valence-electron chi connectivity index (χ4n) is 2.83. The van der Waals surface area contributed by atoms with Gasteiger partial charge in [0, 0.05) is 16.3 Å². The Hall–Kier alpha value is -3.44. The first-order valence-electron chi connectivity index (χ1n) is 8.26. The van der Waals surface area contributed by atoms with Gasteiger partial charge < -0.3 is 5.32 Å². The van der Waals surface area contributed by atoms with Crippen molar-refractivity contribution in [3.05, 3.63) is 93.7 Å². The third-order valence-electron chi connectivity index (χ3n) is 4.15. The molecular weight excluding hydrogens is 362 g/mol. The Labute approximate surface area is 159 Å². The summed E-state index contributed by atoms with van der Waals surface area (Å²) in [4.78, 5) is 28.6. The highest BCUT2D eigenvalue weighted by atomic mass is 35.5. The van der Waals surface area contributed by atoms with E-state index >= 15 is 0 Å². The van der Waals surface area contributed by atoms with Crippen molar-refractivity contribution in [1.29, 1.82) is 0 Å². The molecule has 0 aliphatic heterocycles. The number of halogens is 1. The summed E-state index contributed by atoms with van der Waals surface area (Å²) >= 11 is 6.07. The van der Waals surface area contributed by atoms with E-state index < -0.39 is 0 Å². The molecule has 0 aliphatic carbocycles. The summed E-state index contributed by atoms with van der Waals surface area (Å²) in [6.07, 6.45) is 0.779. The van der Waals surface area contributed by atoms with Crippen molar-refractivity contribution >= 4 is 40.4 Å². The standard InChI is InChI=1S/C21H14ClN3O2/c22-15-8-11-19-18(12-15)20(27)25(17-4-2-1-3-5-17)21(24-19)23-16-9-6-14(13-26)7-10-16/h1-13H,(H,23,24). The molecule has 6 heteroatoms. The molecule has 4 rings (SSSR count). The molecule has 1 heterocycles. The Balaban J connectivity index is 1.93. The van der Waals surface area contributed by atoms with Gasteiger partial charge in [-0.25, -0.2) is 9.55 Å². The normalized spacial score (nSPS) is 10.7. The van der Waals surface area contributed by atoms with Crippen molar-refractivity contribution in [2.75, 3.05) is 5.32 Å². The zero-order valence-corrected chi connectivity index (χ0v) is 14.9. The molecule has 0 unspecified atom stereocenters. The summed E-state index contributed by atoms with van der Waals surface area (Å²) in [5, 5.41) is 4.09. The lowest BCUT2D eigenvalue weighted by Gasteiger charge is -2.15. The maximum atomic E-state index is 13.2. The number of carbonyl (C=O) groups is 1. The monoisotopic (exact) mass is 375 g/mol. The second kappa shape index (κ2) is 7.05. The Bertz CT molecular complexity index is 1190. The van der Waals surface area contributed by atoms with Crippen molar-refractivity contribution in [3.8, 4) is 5.69 Å². The maximum absolute atomic E-state index is 13.2. The third-order valence-corrected chi connectivity index (χ3v) is 4.38. The van der Waals surface area contributed by atoms with Crippen LogP contribution in [0.3, 0.4) is 0 Å². The van der Waals surface area contributed by atoms with Crippen molar-refractivity contribution in [2.45, 2.75) is 0 Å². The Morgan fingerprint density at radius 1 is 0.963 bits per heavy atom. The Morgan fingerprint density at radius 3 is 2.41 bits per heavy atom. The highest BCUT2D eigenvalue weighted by molar-refractivity contribution is 6.31. The van der Waals surface area contributed by atoms with Crippen LogP contribution in [-0.4, -0.2) is 15.8 Å². The molecule has 3 aromatic carbocycles. The molecule has 1 N–H and O–H groups in total. The van der Waals surface area contributed by atoms with Gasteiger partial charge in [-0.05, 0) is 54.6 Å². The number of fused-ring (bicyclic) bond motifs is 1. The number of carbonyl (C=O) groups excluding carboxylic acids is 1. The number of para-hydroxylation sites is 1. The predicted molar refractivity (Wildman–Crippen MR) is 107 cm³/mol. The number of hydrogen-bond acceptors (Lipinski definition) is 4. The van der Waals surface area contributed by atoms with E-state index in [9.17, 15) is 9.59 Å². The van der Waals surface area contributed by atoms with Crippen LogP contribution in [0.1, 0.15) is 10.4 Å². The first-order chi connectivity index (χ1) is 13.2. The molecule has 0 aliphatic rings. The maximum Gasteiger partial charge on any atom is 0.267 e. The van der Waals surface area contributed by atoms with Crippen LogP contribution in [0.15, 0.2) is 77.6 Å². The first-order valence-corrected chi connectivity index (χ1v) is 8.63. The fraction of sp³-hybridized carbons (Fsp3) is 0. The number of aromatic nitrogens is 2. The van der Waals surface area contributed by atoms with Crippen molar-refractivity contribution in [2.24, 2.45) is 0 Å². The van der Waals surface area contributed by atoms with E-state index in [2.05, 4.69) is 10.3 Å². The van der Waals surface area contributed by atoms with Gasteiger partial charge in [0.2, 0.25) is 5.95 Å². The van der Waals surface area contributed by atoms with Crippen LogP contribution >= 0.6 is 11.6 Å². The van der Waals surface area contributed by atoms with Crippen LogP contribution < -0.4 is 10.9 Å². The van der Waals surface area contributed by atoms with Gasteiger partial charge in [0.1, 0.15) is 6.29 Å². The number of rotatable bonds is 4. The number of benzene rings is 3. The van der Waals surface area contributed by atoms with Crippen LogP contribution in [0.2, 0.25) is 5.02 Å². The minimum Gasteiger partial charge on any atom is -0.325 e. The molecule has 0 saturated heterocycles. The lowest BCUT2D eigenvalue weighted by Crippen LogP contribution is -2.22. The number of nitrogens with zero attached hydrogens (tertiary/aromatic N) is 2. The minimum absolute atomic E-state index is 0.222. The quantitative estimate of drug-likeness (QED) is 0.530. The van der Waals surface area contributed by atoms with Crippen molar-refractivity contribution < 1.29 is 4.79 Å². The van der Waals surface area contributed by atoms with E-state index in [0.717, 1.165) is 6.29 Å². The zero-order chi connectivity index (χ0) is 18.8. The molecule has 0 fully saturated rings. The number of nitrogens with one attached hydrogen (secondary N) is 1. The van der Waals surface area contributed by atoms with Crippen LogP contribution in [0.5, 0.6) is 0 Å². The molecule has 132 valence electrons. The first kappa shape index (κ1) is 17.0. The van der Waals surface area contributed by atoms with E-state index in [1.165, 1.54) is 4.57 Å². The second-order valence-corrected chi connectivity index (χ2v) is 6.37. The minimum atomic E-state index is -0.222. The van der Waals surface area contributed by atoms with E-state index in [1.54, 1.807) is 42.5 Å². The lowest BCUT2D eigenvalue weighted by atomic mass is 10.2. The largest absolute Gasteiger partial charge is 0.325 e. The Morgan fingerprint density at radius 2 is 1.70 bits per heavy atom. The molecule has 0 bridgehead atoms. The molecule has 5 nitrogen and oxygen atoms in total. The molecule has 27 heavy (non-hydrogen) atoms. The molecule has 0 saturated carbocycles. The van der Waals surface area contributed by atoms with Gasteiger partial charge >= 0.3 is 0 Å². The molecular formula is C21H14ClN3O2. The van der Waals surface area contributed by atoms with E-state index in [0.29, 0.717) is 38.8 Å². The number of anilines is 2. The summed E-state index contributed by atoms with van der Waals surface area (Å²) in [5.74, 6) is 0.375. The van der Waals surface area contributed by atoms with Gasteiger partial charge in [-0.2, -0.15) is 0 Å². The SMILES string of the molecule is O=Cc1ccc(Nc2nc3ccc(Cl)cc3c(=O)n2-c2ccccc2)cc1. The average molecular weight is 376 g/mol. The van der Waals surface area contributed by atoms with Gasteiger partial charge in [-0.3, -0.25) is 9.59 Å².